The molecule has 0 fully saturated rings. The fraction of sp³-hybridized carbons (Fsp3) is 0.182. The summed E-state index contributed by atoms with van der Waals surface area (Å²) in [6.07, 6.45) is 0. The Balaban J connectivity index is 2.36. The molecule has 2 rings (SSSR count). The van der Waals surface area contributed by atoms with Gasteiger partial charge < -0.3 is 0 Å². The van der Waals surface area contributed by atoms with E-state index in [1.165, 1.54) is 11.3 Å². The number of rotatable bonds is 3. The maximum atomic E-state index is 12.2. The molecule has 2 aromatic heterocycles. The van der Waals surface area contributed by atoms with Crippen molar-refractivity contribution in [3.8, 4) is 0 Å². The second kappa shape index (κ2) is 4.99. The molecular formula is C11H11BrN2O2S2. The Kier molecular flexibility index (Phi) is 3.74. The van der Waals surface area contributed by atoms with Crippen molar-refractivity contribution in [1.29, 1.82) is 0 Å². The Morgan fingerprint density at radius 2 is 2.06 bits per heavy atom. The highest BCUT2D eigenvalue weighted by atomic mass is 79.9. The molecule has 0 saturated carbocycles. The van der Waals surface area contributed by atoms with Crippen molar-refractivity contribution >= 4 is 43.1 Å². The lowest BCUT2D eigenvalue weighted by molar-refractivity contribution is 0.601. The summed E-state index contributed by atoms with van der Waals surface area (Å²) >= 11 is 4.66. The first-order chi connectivity index (χ1) is 8.38. The number of aromatic nitrogens is 1. The van der Waals surface area contributed by atoms with E-state index in [9.17, 15) is 8.42 Å². The average molecular weight is 347 g/mol. The van der Waals surface area contributed by atoms with Crippen LogP contribution in [0.3, 0.4) is 0 Å². The fourth-order valence-electron chi connectivity index (χ4n) is 1.53. The van der Waals surface area contributed by atoms with Gasteiger partial charge in [0.25, 0.3) is 10.0 Å². The van der Waals surface area contributed by atoms with Crippen LogP contribution in [0.5, 0.6) is 0 Å². The molecule has 0 aromatic carbocycles. The van der Waals surface area contributed by atoms with Gasteiger partial charge in [-0.15, -0.1) is 11.3 Å². The van der Waals surface area contributed by atoms with E-state index in [4.69, 9.17) is 0 Å². The molecule has 0 radical (unpaired) electrons. The molecule has 0 atom stereocenters. The van der Waals surface area contributed by atoms with Crippen LogP contribution in [0.2, 0.25) is 0 Å². The van der Waals surface area contributed by atoms with Gasteiger partial charge in [0, 0.05) is 9.75 Å². The van der Waals surface area contributed by atoms with Crippen LogP contribution in [0.1, 0.15) is 9.75 Å². The number of hydrogen-bond acceptors (Lipinski definition) is 4. The standard InChI is InChI=1S/C11H11BrN2O2S2/c1-7-6-9(8(2)17-7)18(15,16)14-11-5-3-4-10(12)13-11/h3-6H,1-2H3,(H,13,14). The van der Waals surface area contributed by atoms with E-state index in [-0.39, 0.29) is 0 Å². The topological polar surface area (TPSA) is 59.1 Å². The summed E-state index contributed by atoms with van der Waals surface area (Å²) in [4.78, 5) is 6.10. The zero-order chi connectivity index (χ0) is 13.3. The lowest BCUT2D eigenvalue weighted by atomic mass is 10.4. The Hall–Kier alpha value is -0.920. The van der Waals surface area contributed by atoms with E-state index >= 15 is 0 Å². The summed E-state index contributed by atoms with van der Waals surface area (Å²) in [5, 5.41) is 0. The number of sulfonamides is 1. The number of hydrogen-bond donors (Lipinski definition) is 1. The van der Waals surface area contributed by atoms with Crippen LogP contribution >= 0.6 is 27.3 Å². The van der Waals surface area contributed by atoms with E-state index in [1.807, 2.05) is 6.92 Å². The maximum absolute atomic E-state index is 12.2. The van der Waals surface area contributed by atoms with Gasteiger partial charge in [-0.1, -0.05) is 6.07 Å². The summed E-state index contributed by atoms with van der Waals surface area (Å²) in [5.74, 6) is 0.299. The molecule has 18 heavy (non-hydrogen) atoms. The van der Waals surface area contributed by atoms with E-state index in [2.05, 4.69) is 25.6 Å². The summed E-state index contributed by atoms with van der Waals surface area (Å²) in [5.41, 5.74) is 0. The van der Waals surface area contributed by atoms with Gasteiger partial charge in [0.1, 0.15) is 15.3 Å². The molecule has 7 heteroatoms. The third-order valence-corrected chi connectivity index (χ3v) is 5.26. The molecule has 0 bridgehead atoms. The van der Waals surface area contributed by atoms with Crippen molar-refractivity contribution in [2.45, 2.75) is 18.7 Å². The van der Waals surface area contributed by atoms with Crippen molar-refractivity contribution < 1.29 is 8.42 Å². The van der Waals surface area contributed by atoms with Gasteiger partial charge >= 0.3 is 0 Å². The first-order valence-electron chi connectivity index (χ1n) is 5.11. The highest BCUT2D eigenvalue weighted by molar-refractivity contribution is 9.10. The Labute approximate surface area is 118 Å². The lowest BCUT2D eigenvalue weighted by Gasteiger charge is -2.06. The number of anilines is 1. The lowest BCUT2D eigenvalue weighted by Crippen LogP contribution is -2.14. The maximum Gasteiger partial charge on any atom is 0.264 e. The number of nitrogens with zero attached hydrogens (tertiary/aromatic N) is 1. The summed E-state index contributed by atoms with van der Waals surface area (Å²) in [6, 6.07) is 6.73. The zero-order valence-corrected chi connectivity index (χ0v) is 13.0. The van der Waals surface area contributed by atoms with Crippen LogP contribution in [0, 0.1) is 13.8 Å². The Morgan fingerprint density at radius 3 is 2.61 bits per heavy atom. The van der Waals surface area contributed by atoms with Crippen LogP contribution in [0.4, 0.5) is 5.82 Å². The Bertz CT molecular complexity index is 680. The van der Waals surface area contributed by atoms with Crippen LogP contribution in [0.25, 0.3) is 0 Å². The molecule has 1 N–H and O–H groups in total. The number of pyridine rings is 1. The third-order valence-electron chi connectivity index (χ3n) is 2.24. The second-order valence-electron chi connectivity index (χ2n) is 3.73. The molecule has 0 aliphatic heterocycles. The normalized spacial score (nSPS) is 11.5. The quantitative estimate of drug-likeness (QED) is 0.867. The van der Waals surface area contributed by atoms with E-state index in [0.29, 0.717) is 15.3 Å². The van der Waals surface area contributed by atoms with E-state index in [0.717, 1.165) is 9.75 Å². The van der Waals surface area contributed by atoms with E-state index in [1.54, 1.807) is 31.2 Å². The molecule has 0 unspecified atom stereocenters. The number of aryl methyl sites for hydroxylation is 2. The zero-order valence-electron chi connectivity index (χ0n) is 9.77. The molecule has 0 aliphatic carbocycles. The highest BCUT2D eigenvalue weighted by Crippen LogP contribution is 2.26. The number of nitrogens with one attached hydrogen (secondary N) is 1. The number of thiophene rings is 1. The van der Waals surface area contributed by atoms with Crippen molar-refractivity contribution in [1.82, 2.24) is 4.98 Å². The first kappa shape index (κ1) is 13.5. The van der Waals surface area contributed by atoms with Gasteiger partial charge in [0.05, 0.1) is 0 Å². The molecule has 96 valence electrons. The molecule has 0 spiro atoms. The molecule has 0 saturated heterocycles. The molecular weight excluding hydrogens is 336 g/mol. The monoisotopic (exact) mass is 346 g/mol. The van der Waals surface area contributed by atoms with Gasteiger partial charge in [-0.05, 0) is 48.0 Å². The van der Waals surface area contributed by atoms with Crippen LogP contribution in [0.15, 0.2) is 33.8 Å². The smallest absolute Gasteiger partial charge is 0.263 e. The predicted octanol–water partition coefficient (Wildman–Crippen LogP) is 3.32. The minimum atomic E-state index is -3.56. The van der Waals surface area contributed by atoms with Crippen LogP contribution < -0.4 is 4.72 Å². The van der Waals surface area contributed by atoms with Gasteiger partial charge in [0.15, 0.2) is 0 Å². The molecule has 2 heterocycles. The van der Waals surface area contributed by atoms with Crippen molar-refractivity contribution in [3.63, 3.8) is 0 Å². The van der Waals surface area contributed by atoms with E-state index < -0.39 is 10.0 Å². The molecule has 0 amide bonds. The molecule has 2 aromatic rings. The summed E-state index contributed by atoms with van der Waals surface area (Å²) in [6.45, 7) is 3.68. The van der Waals surface area contributed by atoms with Crippen LogP contribution in [-0.4, -0.2) is 13.4 Å². The van der Waals surface area contributed by atoms with Gasteiger partial charge in [-0.2, -0.15) is 0 Å². The first-order valence-corrected chi connectivity index (χ1v) is 8.20. The largest absolute Gasteiger partial charge is 0.264 e. The van der Waals surface area contributed by atoms with Gasteiger partial charge in [-0.3, -0.25) is 4.72 Å². The van der Waals surface area contributed by atoms with Gasteiger partial charge in [0.2, 0.25) is 0 Å². The highest BCUT2D eigenvalue weighted by Gasteiger charge is 2.19. The molecule has 0 aliphatic rings. The van der Waals surface area contributed by atoms with Crippen LogP contribution in [-0.2, 0) is 10.0 Å². The average Bonchev–Trinajstić information content (AvgIpc) is 2.58. The third kappa shape index (κ3) is 2.90. The van der Waals surface area contributed by atoms with Crippen molar-refractivity contribution in [2.75, 3.05) is 4.72 Å². The van der Waals surface area contributed by atoms with Crippen molar-refractivity contribution in [2.24, 2.45) is 0 Å². The van der Waals surface area contributed by atoms with Gasteiger partial charge in [-0.25, -0.2) is 13.4 Å². The predicted molar refractivity (Wildman–Crippen MR) is 76.5 cm³/mol. The summed E-state index contributed by atoms with van der Waals surface area (Å²) < 4.78 is 27.4. The summed E-state index contributed by atoms with van der Waals surface area (Å²) in [7, 11) is -3.56. The minimum Gasteiger partial charge on any atom is -0.263 e. The van der Waals surface area contributed by atoms with Crippen molar-refractivity contribution in [3.05, 3.63) is 38.6 Å². The SMILES string of the molecule is Cc1cc(S(=O)(=O)Nc2cccc(Br)n2)c(C)s1. The Morgan fingerprint density at radius 1 is 1.33 bits per heavy atom. The minimum absolute atomic E-state index is 0.299. The second-order valence-corrected chi connectivity index (χ2v) is 7.65. The molecule has 4 nitrogen and oxygen atoms in total. The number of halogens is 1. The fourth-order valence-corrected chi connectivity index (χ4v) is 4.43.